The summed E-state index contributed by atoms with van der Waals surface area (Å²) < 4.78 is 13.3. The highest BCUT2D eigenvalue weighted by Gasteiger charge is 2.05. The average Bonchev–Trinajstić information content (AvgIpc) is 2.64. The summed E-state index contributed by atoms with van der Waals surface area (Å²) in [6.07, 6.45) is 3.06. The van der Waals surface area contributed by atoms with Crippen LogP contribution in [0.5, 0.6) is 0 Å². The number of hydrogen-bond donors (Lipinski definition) is 1. The zero-order valence-electron chi connectivity index (χ0n) is 15.4. The minimum atomic E-state index is -0.219. The predicted molar refractivity (Wildman–Crippen MR) is 106 cm³/mol. The Morgan fingerprint density at radius 1 is 0.926 bits per heavy atom. The second kappa shape index (κ2) is 8.46. The van der Waals surface area contributed by atoms with Gasteiger partial charge in [0.2, 0.25) is 0 Å². The number of anilines is 1. The van der Waals surface area contributed by atoms with Crippen molar-refractivity contribution in [1.29, 1.82) is 5.26 Å². The van der Waals surface area contributed by atoms with Crippen molar-refractivity contribution in [3.05, 3.63) is 93.9 Å². The van der Waals surface area contributed by atoms with Gasteiger partial charge < -0.3 is 5.73 Å². The maximum Gasteiger partial charge on any atom is 0.123 e. The fourth-order valence-corrected chi connectivity index (χ4v) is 3.27. The van der Waals surface area contributed by atoms with Gasteiger partial charge in [0.25, 0.3) is 0 Å². The summed E-state index contributed by atoms with van der Waals surface area (Å²) >= 11 is 0. The Hall–Kier alpha value is -3.19. The molecule has 0 spiro atoms. The van der Waals surface area contributed by atoms with E-state index in [1.54, 1.807) is 12.1 Å². The summed E-state index contributed by atoms with van der Waals surface area (Å²) in [4.78, 5) is 4.38. The summed E-state index contributed by atoms with van der Waals surface area (Å²) in [7, 11) is 0. The lowest BCUT2D eigenvalue weighted by atomic mass is 9.97. The number of benzene rings is 2. The molecule has 0 saturated carbocycles. The highest BCUT2D eigenvalue weighted by Crippen LogP contribution is 2.16. The van der Waals surface area contributed by atoms with E-state index in [4.69, 9.17) is 5.73 Å². The minimum absolute atomic E-state index is 0.219. The number of pyridine rings is 1. The summed E-state index contributed by atoms with van der Waals surface area (Å²) in [6, 6.07) is 18.7. The standard InChI is InChI=1S/C23H22FN3/c1-16-9-22(27-23(26)10-16)8-7-19-11-18(12-20(13-19)15-25)6-5-17-3-2-4-21(24)14-17/h2-4,9-14H,5-8H2,1H3,(H2,26,27). The van der Waals surface area contributed by atoms with Gasteiger partial charge in [-0.3, -0.25) is 0 Å². The van der Waals surface area contributed by atoms with E-state index in [0.29, 0.717) is 11.4 Å². The topological polar surface area (TPSA) is 62.7 Å². The molecule has 4 heteroatoms. The van der Waals surface area contributed by atoms with E-state index in [1.165, 1.54) is 6.07 Å². The van der Waals surface area contributed by atoms with Crippen LogP contribution in [0, 0.1) is 24.1 Å². The Labute approximate surface area is 159 Å². The van der Waals surface area contributed by atoms with Crippen molar-refractivity contribution in [2.75, 3.05) is 5.73 Å². The summed E-state index contributed by atoms with van der Waals surface area (Å²) in [5.74, 6) is 0.315. The number of nitriles is 1. The van der Waals surface area contributed by atoms with Crippen LogP contribution in [0.15, 0.2) is 54.6 Å². The Bertz CT molecular complexity index is 969. The Balaban J connectivity index is 1.72. The van der Waals surface area contributed by atoms with Crippen LogP contribution in [0.25, 0.3) is 0 Å². The maximum atomic E-state index is 13.3. The SMILES string of the molecule is Cc1cc(N)nc(CCc2cc(C#N)cc(CCc3cccc(F)c3)c2)c1. The summed E-state index contributed by atoms with van der Waals surface area (Å²) in [5.41, 5.74) is 11.7. The number of aromatic nitrogens is 1. The molecular formula is C23H22FN3. The van der Waals surface area contributed by atoms with Gasteiger partial charge in [-0.1, -0.05) is 18.2 Å². The molecule has 0 aliphatic carbocycles. The summed E-state index contributed by atoms with van der Waals surface area (Å²) in [6.45, 7) is 2.00. The smallest absolute Gasteiger partial charge is 0.123 e. The van der Waals surface area contributed by atoms with Crippen molar-refractivity contribution in [3.63, 3.8) is 0 Å². The number of rotatable bonds is 6. The fraction of sp³-hybridized carbons (Fsp3) is 0.217. The van der Waals surface area contributed by atoms with Crippen LogP contribution in [0.2, 0.25) is 0 Å². The number of nitrogen functional groups attached to an aromatic ring is 1. The number of nitrogens with zero attached hydrogens (tertiary/aromatic N) is 2. The Morgan fingerprint density at radius 2 is 1.63 bits per heavy atom. The molecule has 3 rings (SSSR count). The van der Waals surface area contributed by atoms with Gasteiger partial charge in [-0.25, -0.2) is 9.37 Å². The molecule has 0 aliphatic heterocycles. The van der Waals surface area contributed by atoms with Gasteiger partial charge in [-0.2, -0.15) is 5.26 Å². The predicted octanol–water partition coefficient (Wildman–Crippen LogP) is 4.55. The summed E-state index contributed by atoms with van der Waals surface area (Å²) in [5, 5.41) is 9.34. The molecule has 27 heavy (non-hydrogen) atoms. The lowest BCUT2D eigenvalue weighted by Crippen LogP contribution is -2.01. The first-order valence-electron chi connectivity index (χ1n) is 9.02. The lowest BCUT2D eigenvalue weighted by molar-refractivity contribution is 0.625. The lowest BCUT2D eigenvalue weighted by Gasteiger charge is -2.08. The molecule has 136 valence electrons. The van der Waals surface area contributed by atoms with Gasteiger partial charge in [0.1, 0.15) is 11.6 Å². The van der Waals surface area contributed by atoms with E-state index in [1.807, 2.05) is 37.3 Å². The maximum absolute atomic E-state index is 13.3. The first-order chi connectivity index (χ1) is 13.0. The molecule has 2 aromatic carbocycles. The van der Waals surface area contributed by atoms with Crippen LogP contribution in [0.3, 0.4) is 0 Å². The monoisotopic (exact) mass is 359 g/mol. The van der Waals surface area contributed by atoms with E-state index in [2.05, 4.69) is 17.1 Å². The van der Waals surface area contributed by atoms with Crippen molar-refractivity contribution in [3.8, 4) is 6.07 Å². The fourth-order valence-electron chi connectivity index (χ4n) is 3.27. The van der Waals surface area contributed by atoms with Crippen molar-refractivity contribution < 1.29 is 4.39 Å². The molecule has 0 unspecified atom stereocenters. The van der Waals surface area contributed by atoms with Crippen LogP contribution in [-0.4, -0.2) is 4.98 Å². The van der Waals surface area contributed by atoms with E-state index in [-0.39, 0.29) is 5.82 Å². The van der Waals surface area contributed by atoms with Gasteiger partial charge in [-0.15, -0.1) is 0 Å². The largest absolute Gasteiger partial charge is 0.384 e. The van der Waals surface area contributed by atoms with Crippen molar-refractivity contribution in [2.45, 2.75) is 32.6 Å². The van der Waals surface area contributed by atoms with Crippen LogP contribution in [0.4, 0.5) is 10.2 Å². The third-order valence-electron chi connectivity index (χ3n) is 4.49. The zero-order chi connectivity index (χ0) is 19.2. The highest BCUT2D eigenvalue weighted by atomic mass is 19.1. The van der Waals surface area contributed by atoms with Gasteiger partial charge in [0, 0.05) is 5.69 Å². The molecule has 0 bridgehead atoms. The Morgan fingerprint density at radius 3 is 2.30 bits per heavy atom. The van der Waals surface area contributed by atoms with Crippen LogP contribution < -0.4 is 5.73 Å². The molecule has 0 amide bonds. The van der Waals surface area contributed by atoms with E-state index >= 15 is 0 Å². The molecule has 1 heterocycles. The third-order valence-corrected chi connectivity index (χ3v) is 4.49. The third kappa shape index (κ3) is 5.39. The van der Waals surface area contributed by atoms with Crippen molar-refractivity contribution in [2.24, 2.45) is 0 Å². The molecule has 1 aromatic heterocycles. The molecule has 2 N–H and O–H groups in total. The van der Waals surface area contributed by atoms with Gasteiger partial charge in [0.05, 0.1) is 11.6 Å². The molecular weight excluding hydrogens is 337 g/mol. The molecule has 0 aliphatic rings. The second-order valence-electron chi connectivity index (χ2n) is 6.84. The molecule has 0 saturated heterocycles. The van der Waals surface area contributed by atoms with Gasteiger partial charge in [-0.05, 0) is 91.3 Å². The quantitative estimate of drug-likeness (QED) is 0.702. The van der Waals surface area contributed by atoms with E-state index in [0.717, 1.165) is 53.6 Å². The first kappa shape index (κ1) is 18.6. The molecule has 0 radical (unpaired) electrons. The first-order valence-corrected chi connectivity index (χ1v) is 9.02. The highest BCUT2D eigenvalue weighted by molar-refractivity contribution is 5.39. The molecule has 3 aromatic rings. The molecule has 0 fully saturated rings. The van der Waals surface area contributed by atoms with Crippen LogP contribution in [-0.2, 0) is 25.7 Å². The minimum Gasteiger partial charge on any atom is -0.384 e. The number of hydrogen-bond acceptors (Lipinski definition) is 3. The molecule has 3 nitrogen and oxygen atoms in total. The van der Waals surface area contributed by atoms with Crippen LogP contribution >= 0.6 is 0 Å². The van der Waals surface area contributed by atoms with Crippen molar-refractivity contribution in [1.82, 2.24) is 4.98 Å². The zero-order valence-corrected chi connectivity index (χ0v) is 15.4. The average molecular weight is 359 g/mol. The number of aryl methyl sites for hydroxylation is 5. The van der Waals surface area contributed by atoms with Crippen molar-refractivity contribution >= 4 is 5.82 Å². The molecule has 0 atom stereocenters. The van der Waals surface area contributed by atoms with Crippen LogP contribution in [0.1, 0.15) is 33.5 Å². The normalized spacial score (nSPS) is 10.6. The Kier molecular flexibility index (Phi) is 5.83. The van der Waals surface area contributed by atoms with Gasteiger partial charge in [0.15, 0.2) is 0 Å². The van der Waals surface area contributed by atoms with E-state index < -0.39 is 0 Å². The second-order valence-corrected chi connectivity index (χ2v) is 6.84. The number of nitrogens with two attached hydrogens (primary N) is 1. The van der Waals surface area contributed by atoms with Gasteiger partial charge >= 0.3 is 0 Å². The van der Waals surface area contributed by atoms with E-state index in [9.17, 15) is 9.65 Å². The number of halogens is 1.